The minimum absolute atomic E-state index is 0.469. The van der Waals surface area contributed by atoms with E-state index in [-0.39, 0.29) is 0 Å². The fourth-order valence-electron chi connectivity index (χ4n) is 3.73. The first-order valence-corrected chi connectivity index (χ1v) is 8.66. The van der Waals surface area contributed by atoms with Gasteiger partial charge in [0.2, 0.25) is 0 Å². The molecule has 2 rings (SSSR count). The van der Waals surface area contributed by atoms with Crippen molar-refractivity contribution in [3.8, 4) is 0 Å². The highest BCUT2D eigenvalue weighted by Crippen LogP contribution is 2.53. The fourth-order valence-corrected chi connectivity index (χ4v) is 5.58. The van der Waals surface area contributed by atoms with Crippen LogP contribution >= 0.6 is 27.3 Å². The minimum Gasteiger partial charge on any atom is -0.312 e. The number of rotatable bonds is 5. The first kappa shape index (κ1) is 14.5. The Labute approximate surface area is 123 Å². The molecule has 1 saturated carbocycles. The lowest BCUT2D eigenvalue weighted by Gasteiger charge is -2.39. The second-order valence-electron chi connectivity index (χ2n) is 6.02. The van der Waals surface area contributed by atoms with Gasteiger partial charge in [-0.2, -0.15) is 0 Å². The Morgan fingerprint density at radius 1 is 1.39 bits per heavy atom. The van der Waals surface area contributed by atoms with Gasteiger partial charge in [-0.1, -0.05) is 26.7 Å². The van der Waals surface area contributed by atoms with E-state index in [0.717, 1.165) is 5.92 Å². The van der Waals surface area contributed by atoms with Gasteiger partial charge < -0.3 is 5.32 Å². The maximum Gasteiger partial charge on any atom is 0.0481 e. The molecule has 1 N–H and O–H groups in total. The molecule has 0 spiro atoms. The number of nitrogens with one attached hydrogen (secondary N) is 1. The monoisotopic (exact) mass is 329 g/mol. The average molecular weight is 330 g/mol. The highest BCUT2D eigenvalue weighted by molar-refractivity contribution is 9.10. The zero-order chi connectivity index (χ0) is 13.2. The molecule has 1 heterocycles. The molecule has 1 aromatic rings. The van der Waals surface area contributed by atoms with Crippen LogP contribution in [0, 0.1) is 11.3 Å². The molecule has 1 fully saturated rings. The smallest absolute Gasteiger partial charge is 0.0481 e. The summed E-state index contributed by atoms with van der Waals surface area (Å²) >= 11 is 5.60. The SMILES string of the molecule is CNC(c1sccc1Br)C1(CC(C)C)CCCC1. The summed E-state index contributed by atoms with van der Waals surface area (Å²) in [7, 11) is 2.12. The van der Waals surface area contributed by atoms with Crippen LogP contribution in [-0.2, 0) is 0 Å². The highest BCUT2D eigenvalue weighted by atomic mass is 79.9. The van der Waals surface area contributed by atoms with E-state index in [1.165, 1.54) is 41.5 Å². The average Bonchev–Trinajstić information content (AvgIpc) is 2.90. The van der Waals surface area contributed by atoms with Crippen LogP contribution in [0.2, 0.25) is 0 Å². The largest absolute Gasteiger partial charge is 0.312 e. The summed E-state index contributed by atoms with van der Waals surface area (Å²) in [6.07, 6.45) is 6.88. The molecule has 18 heavy (non-hydrogen) atoms. The Hall–Kier alpha value is 0.140. The van der Waals surface area contributed by atoms with Crippen LogP contribution in [0.15, 0.2) is 15.9 Å². The zero-order valence-electron chi connectivity index (χ0n) is 11.6. The number of hydrogen-bond acceptors (Lipinski definition) is 2. The second kappa shape index (κ2) is 6.06. The zero-order valence-corrected chi connectivity index (χ0v) is 14.0. The van der Waals surface area contributed by atoms with Crippen LogP contribution in [-0.4, -0.2) is 7.05 Å². The van der Waals surface area contributed by atoms with Crippen LogP contribution in [0.1, 0.15) is 56.9 Å². The molecule has 0 radical (unpaired) electrons. The van der Waals surface area contributed by atoms with Gasteiger partial charge >= 0.3 is 0 Å². The molecular formula is C15H24BrNS. The lowest BCUT2D eigenvalue weighted by atomic mass is 9.72. The van der Waals surface area contributed by atoms with E-state index in [0.29, 0.717) is 11.5 Å². The van der Waals surface area contributed by atoms with Gasteiger partial charge in [0.25, 0.3) is 0 Å². The van der Waals surface area contributed by atoms with Gasteiger partial charge in [-0.25, -0.2) is 0 Å². The van der Waals surface area contributed by atoms with Crippen LogP contribution in [0.25, 0.3) is 0 Å². The van der Waals surface area contributed by atoms with E-state index in [2.05, 4.69) is 53.6 Å². The molecule has 0 aliphatic heterocycles. The van der Waals surface area contributed by atoms with Crippen LogP contribution in [0.3, 0.4) is 0 Å². The quantitative estimate of drug-likeness (QED) is 0.764. The topological polar surface area (TPSA) is 12.0 Å². The Balaban J connectivity index is 2.31. The van der Waals surface area contributed by atoms with E-state index in [9.17, 15) is 0 Å². The number of thiophene rings is 1. The van der Waals surface area contributed by atoms with Gasteiger partial charge in [-0.15, -0.1) is 11.3 Å². The molecule has 0 bridgehead atoms. The summed E-state index contributed by atoms with van der Waals surface area (Å²) in [4.78, 5) is 1.49. The van der Waals surface area contributed by atoms with Crippen molar-refractivity contribution in [1.29, 1.82) is 0 Å². The van der Waals surface area contributed by atoms with Crippen LogP contribution in [0.4, 0.5) is 0 Å². The van der Waals surface area contributed by atoms with E-state index in [4.69, 9.17) is 0 Å². The van der Waals surface area contributed by atoms with Crippen LogP contribution in [0.5, 0.6) is 0 Å². The molecule has 1 atom stereocenters. The van der Waals surface area contributed by atoms with Gasteiger partial charge in [-0.05, 0) is 65.0 Å². The normalized spacial score (nSPS) is 20.5. The molecule has 3 heteroatoms. The van der Waals surface area contributed by atoms with E-state index < -0.39 is 0 Å². The third-order valence-electron chi connectivity index (χ3n) is 4.22. The third-order valence-corrected chi connectivity index (χ3v) is 6.16. The van der Waals surface area contributed by atoms with Crippen molar-refractivity contribution in [3.05, 3.63) is 20.8 Å². The van der Waals surface area contributed by atoms with Gasteiger partial charge in [0.15, 0.2) is 0 Å². The molecule has 1 unspecified atom stereocenters. The van der Waals surface area contributed by atoms with Crippen molar-refractivity contribution >= 4 is 27.3 Å². The molecule has 0 amide bonds. The fraction of sp³-hybridized carbons (Fsp3) is 0.733. The minimum atomic E-state index is 0.469. The molecule has 1 aliphatic carbocycles. The lowest BCUT2D eigenvalue weighted by Crippen LogP contribution is -2.35. The van der Waals surface area contributed by atoms with Crippen molar-refractivity contribution < 1.29 is 0 Å². The standard InChI is InChI=1S/C15H24BrNS/c1-11(2)10-15(7-4-5-8-15)14(17-3)13-12(16)6-9-18-13/h6,9,11,14,17H,4-5,7-8,10H2,1-3H3. The summed E-state index contributed by atoms with van der Waals surface area (Å²) in [5, 5.41) is 5.81. The first-order chi connectivity index (χ1) is 8.59. The molecule has 1 aliphatic rings. The first-order valence-electron chi connectivity index (χ1n) is 6.99. The van der Waals surface area contributed by atoms with Crippen LogP contribution < -0.4 is 5.32 Å². The van der Waals surface area contributed by atoms with E-state index in [1.54, 1.807) is 0 Å². The maximum atomic E-state index is 3.72. The highest BCUT2D eigenvalue weighted by Gasteiger charge is 2.42. The summed E-state index contributed by atoms with van der Waals surface area (Å²) < 4.78 is 1.28. The molecule has 102 valence electrons. The number of halogens is 1. The van der Waals surface area contributed by atoms with Crippen molar-refractivity contribution in [2.45, 2.75) is 52.0 Å². The molecule has 0 aromatic carbocycles. The predicted molar refractivity (Wildman–Crippen MR) is 84.2 cm³/mol. The maximum absolute atomic E-state index is 3.72. The van der Waals surface area contributed by atoms with Crippen molar-refractivity contribution in [2.75, 3.05) is 7.05 Å². The van der Waals surface area contributed by atoms with Gasteiger partial charge in [0.05, 0.1) is 0 Å². The molecule has 0 saturated heterocycles. The Bertz CT molecular complexity index is 380. The summed E-state index contributed by atoms with van der Waals surface area (Å²) in [5.41, 5.74) is 0.469. The Morgan fingerprint density at radius 2 is 2.06 bits per heavy atom. The number of hydrogen-bond donors (Lipinski definition) is 1. The van der Waals surface area contributed by atoms with Crippen molar-refractivity contribution in [1.82, 2.24) is 5.32 Å². The summed E-state index contributed by atoms with van der Waals surface area (Å²) in [6.45, 7) is 4.71. The van der Waals surface area contributed by atoms with E-state index >= 15 is 0 Å². The lowest BCUT2D eigenvalue weighted by molar-refractivity contribution is 0.163. The summed E-state index contributed by atoms with van der Waals surface area (Å²) in [6, 6.07) is 2.69. The van der Waals surface area contributed by atoms with Gasteiger partial charge in [-0.3, -0.25) is 0 Å². The Morgan fingerprint density at radius 3 is 2.50 bits per heavy atom. The van der Waals surface area contributed by atoms with Crippen molar-refractivity contribution in [2.24, 2.45) is 11.3 Å². The van der Waals surface area contributed by atoms with Crippen molar-refractivity contribution in [3.63, 3.8) is 0 Å². The second-order valence-corrected chi connectivity index (χ2v) is 7.82. The van der Waals surface area contributed by atoms with E-state index in [1.807, 2.05) is 11.3 Å². The molecule has 1 aromatic heterocycles. The Kier molecular flexibility index (Phi) is 4.90. The third kappa shape index (κ3) is 2.83. The molecular weight excluding hydrogens is 306 g/mol. The van der Waals surface area contributed by atoms with Gasteiger partial charge in [0, 0.05) is 15.4 Å². The molecule has 1 nitrogen and oxygen atoms in total. The summed E-state index contributed by atoms with van der Waals surface area (Å²) in [5.74, 6) is 0.776. The predicted octanol–water partition coefficient (Wildman–Crippen LogP) is 5.38. The van der Waals surface area contributed by atoms with Gasteiger partial charge in [0.1, 0.15) is 0 Å².